The Morgan fingerprint density at radius 3 is 1.09 bits per heavy atom. The number of aliphatic hydroxyl groups excluding tert-OH is 1. The first-order valence-electron chi connectivity index (χ1n) is 15.9. The van der Waals surface area contributed by atoms with E-state index in [1.165, 1.54) is 15.2 Å². The van der Waals surface area contributed by atoms with Gasteiger partial charge in [-0.3, -0.25) is 9.59 Å². The van der Waals surface area contributed by atoms with Gasteiger partial charge in [0.25, 0.3) is 0 Å². The molecule has 4 N–H and O–H groups in total. The smallest absolute Gasteiger partial charge is 0.320 e. The van der Waals surface area contributed by atoms with Crippen molar-refractivity contribution in [2.24, 2.45) is 5.92 Å². The van der Waals surface area contributed by atoms with Gasteiger partial charge in [-0.15, -0.1) is 0 Å². The summed E-state index contributed by atoms with van der Waals surface area (Å²) in [4.78, 5) is 27.5. The zero-order valence-electron chi connectivity index (χ0n) is 29.0. The van der Waals surface area contributed by atoms with Gasteiger partial charge in [0.2, 0.25) is 0 Å². The predicted octanol–water partition coefficient (Wildman–Crippen LogP) is 4.65. The van der Waals surface area contributed by atoms with Crippen LogP contribution >= 0.6 is 0 Å². The molecule has 3 heterocycles. The Labute approximate surface area is 263 Å². The Kier molecular flexibility index (Phi) is 10.4. The molecule has 12 heteroatoms. The van der Waals surface area contributed by atoms with Gasteiger partial charge in [-0.1, -0.05) is 0 Å². The van der Waals surface area contributed by atoms with Crippen molar-refractivity contribution in [2.75, 3.05) is 0 Å². The van der Waals surface area contributed by atoms with E-state index in [0.29, 0.717) is 38.5 Å². The second-order valence-corrected chi connectivity index (χ2v) is 17.2. The van der Waals surface area contributed by atoms with Gasteiger partial charge in [0.1, 0.15) is 12.2 Å². The van der Waals surface area contributed by atoms with Crippen LogP contribution in [0.1, 0.15) is 128 Å². The van der Waals surface area contributed by atoms with E-state index in [1.54, 1.807) is 0 Å². The van der Waals surface area contributed by atoms with Crippen molar-refractivity contribution in [3.63, 3.8) is 0 Å². The molecule has 256 valence electrons. The van der Waals surface area contributed by atoms with Crippen molar-refractivity contribution in [3.05, 3.63) is 0 Å². The SMILES string of the molecule is CC1(C)CC(OC(=O)C(CC(O)OC2CC(C)(C)N(O)C(C)(C)C2)C(=O)OC2CC(C)(C)N(O)C(C)(C)C2)CC(C)(C)N1O. The molecule has 0 aromatic carbocycles. The van der Waals surface area contributed by atoms with Crippen LogP contribution < -0.4 is 0 Å². The number of carbonyl (C=O) groups is 2. The quantitative estimate of drug-likeness (QED) is 0.168. The summed E-state index contributed by atoms with van der Waals surface area (Å²) in [5.74, 6) is -3.09. The molecule has 0 saturated carbocycles. The first kappa shape index (κ1) is 37.1. The molecular weight excluding hydrogens is 570 g/mol. The number of hydrogen-bond donors (Lipinski definition) is 4. The average molecular weight is 630 g/mol. The lowest BCUT2D eigenvalue weighted by Gasteiger charge is -2.51. The van der Waals surface area contributed by atoms with E-state index in [-0.39, 0.29) is 6.42 Å². The first-order chi connectivity index (χ1) is 19.7. The van der Waals surface area contributed by atoms with Crippen molar-refractivity contribution in [3.8, 4) is 0 Å². The largest absolute Gasteiger partial charge is 0.462 e. The molecule has 0 aromatic rings. The lowest BCUT2D eigenvalue weighted by Crippen LogP contribution is -2.61. The summed E-state index contributed by atoms with van der Waals surface area (Å²) < 4.78 is 17.8. The Morgan fingerprint density at radius 2 is 0.818 bits per heavy atom. The normalized spacial score (nSPS) is 28.5. The summed E-state index contributed by atoms with van der Waals surface area (Å²) in [6, 6.07) is 0. The van der Waals surface area contributed by atoms with Gasteiger partial charge in [-0.2, -0.15) is 15.2 Å². The molecule has 3 aliphatic rings. The number of piperidine rings is 3. The maximum atomic E-state index is 13.7. The molecule has 0 aromatic heterocycles. The minimum absolute atomic E-state index is 0.348. The van der Waals surface area contributed by atoms with Gasteiger partial charge in [0, 0.05) is 65.3 Å². The number of hydrogen-bond acceptors (Lipinski definition) is 12. The highest BCUT2D eigenvalue weighted by atomic mass is 16.6. The van der Waals surface area contributed by atoms with Gasteiger partial charge in [-0.25, -0.2) is 0 Å². The highest BCUT2D eigenvalue weighted by Crippen LogP contribution is 2.41. The van der Waals surface area contributed by atoms with E-state index in [0.717, 1.165) is 0 Å². The second-order valence-electron chi connectivity index (χ2n) is 17.2. The number of rotatable bonds is 8. The molecule has 0 amide bonds. The highest BCUT2D eigenvalue weighted by Gasteiger charge is 2.50. The number of carbonyl (C=O) groups excluding carboxylic acids is 2. The minimum Gasteiger partial charge on any atom is -0.462 e. The summed E-state index contributed by atoms with van der Waals surface area (Å²) in [7, 11) is 0. The third-order valence-corrected chi connectivity index (χ3v) is 9.73. The van der Waals surface area contributed by atoms with Crippen LogP contribution in [0.25, 0.3) is 0 Å². The lowest BCUT2D eigenvalue weighted by molar-refractivity contribution is -0.275. The summed E-state index contributed by atoms with van der Waals surface area (Å²) in [6.45, 7) is 22.4. The van der Waals surface area contributed by atoms with Gasteiger partial charge < -0.3 is 34.9 Å². The van der Waals surface area contributed by atoms with Gasteiger partial charge in [0.05, 0.1) is 6.10 Å². The fraction of sp³-hybridized carbons (Fsp3) is 0.938. The van der Waals surface area contributed by atoms with Crippen LogP contribution in [0.4, 0.5) is 0 Å². The van der Waals surface area contributed by atoms with Crippen LogP contribution in [0.3, 0.4) is 0 Å². The molecule has 3 fully saturated rings. The third-order valence-electron chi connectivity index (χ3n) is 9.73. The summed E-state index contributed by atoms with van der Waals surface area (Å²) in [5.41, 5.74) is -3.95. The number of hydroxylamine groups is 6. The molecule has 3 saturated heterocycles. The molecule has 3 aliphatic heterocycles. The molecule has 0 aliphatic carbocycles. The standard InChI is InChI=1S/C32H59N3O9/c1-27(2)14-20(15-28(3,4)33(27)39)42-24(36)13-23(25(37)43-21-16-29(5,6)34(40)30(7,8)17-21)26(38)44-22-18-31(9,10)35(41)32(11,12)19-22/h20-24,36,39-41H,13-19H2,1-12H3. The zero-order valence-corrected chi connectivity index (χ0v) is 29.0. The molecule has 44 heavy (non-hydrogen) atoms. The Hall–Kier alpha value is -1.38. The summed E-state index contributed by atoms with van der Waals surface area (Å²) in [6.07, 6.45) is -1.17. The second kappa shape index (κ2) is 12.3. The minimum atomic E-state index is -1.47. The number of nitrogens with zero attached hydrogens (tertiary/aromatic N) is 3. The first-order valence-corrected chi connectivity index (χ1v) is 15.9. The number of esters is 2. The van der Waals surface area contributed by atoms with Gasteiger partial charge in [-0.05, 0) is 95.9 Å². The highest BCUT2D eigenvalue weighted by molar-refractivity contribution is 5.95. The van der Waals surface area contributed by atoms with Crippen molar-refractivity contribution in [1.82, 2.24) is 15.2 Å². The van der Waals surface area contributed by atoms with Crippen molar-refractivity contribution >= 4 is 11.9 Å². The fourth-order valence-electron chi connectivity index (χ4n) is 8.06. The van der Waals surface area contributed by atoms with E-state index >= 15 is 0 Å². The van der Waals surface area contributed by atoms with Crippen molar-refractivity contribution < 1.29 is 44.5 Å². The van der Waals surface area contributed by atoms with E-state index in [1.807, 2.05) is 83.1 Å². The maximum absolute atomic E-state index is 13.7. The van der Waals surface area contributed by atoms with E-state index in [4.69, 9.17) is 14.2 Å². The predicted molar refractivity (Wildman–Crippen MR) is 162 cm³/mol. The fourth-order valence-corrected chi connectivity index (χ4v) is 8.06. The van der Waals surface area contributed by atoms with Crippen LogP contribution in [-0.4, -0.2) is 106 Å². The Bertz CT molecular complexity index is 948. The Balaban J connectivity index is 1.80. The lowest BCUT2D eigenvalue weighted by atomic mass is 9.80. The van der Waals surface area contributed by atoms with Crippen LogP contribution in [0, 0.1) is 5.92 Å². The molecule has 3 rings (SSSR count). The summed E-state index contributed by atoms with van der Waals surface area (Å²) in [5, 5.41) is 47.0. The molecule has 1 unspecified atom stereocenters. The van der Waals surface area contributed by atoms with Crippen LogP contribution in [-0.2, 0) is 23.8 Å². The van der Waals surface area contributed by atoms with Crippen molar-refractivity contribution in [2.45, 2.75) is 186 Å². The van der Waals surface area contributed by atoms with E-state index in [9.17, 15) is 30.3 Å². The zero-order chi connectivity index (χ0) is 33.8. The molecular formula is C32H59N3O9. The average Bonchev–Trinajstić information content (AvgIpc) is 2.81. The topological polar surface area (TPSA) is 152 Å². The molecule has 0 spiro atoms. The number of aliphatic hydroxyl groups is 1. The van der Waals surface area contributed by atoms with E-state index < -0.39 is 75.7 Å². The number of ether oxygens (including phenoxy) is 3. The monoisotopic (exact) mass is 629 g/mol. The molecule has 0 radical (unpaired) electrons. The van der Waals surface area contributed by atoms with Gasteiger partial charge >= 0.3 is 11.9 Å². The molecule has 0 bridgehead atoms. The van der Waals surface area contributed by atoms with Crippen LogP contribution in [0.2, 0.25) is 0 Å². The Morgan fingerprint density at radius 1 is 0.568 bits per heavy atom. The van der Waals surface area contributed by atoms with Crippen molar-refractivity contribution in [1.29, 1.82) is 0 Å². The van der Waals surface area contributed by atoms with E-state index in [2.05, 4.69) is 0 Å². The maximum Gasteiger partial charge on any atom is 0.320 e. The van der Waals surface area contributed by atoms with Gasteiger partial charge in [0.15, 0.2) is 12.2 Å². The molecule has 12 nitrogen and oxygen atoms in total. The molecule has 1 atom stereocenters. The third kappa shape index (κ3) is 8.12. The van der Waals surface area contributed by atoms with Crippen LogP contribution in [0.15, 0.2) is 0 Å². The summed E-state index contributed by atoms with van der Waals surface area (Å²) >= 11 is 0. The van der Waals surface area contributed by atoms with Crippen LogP contribution in [0.5, 0.6) is 0 Å².